The van der Waals surface area contributed by atoms with Crippen LogP contribution in [-0.2, 0) is 4.79 Å². The van der Waals surface area contributed by atoms with Crippen LogP contribution in [0.5, 0.6) is 0 Å². The number of halogens is 1. The number of rotatable bonds is 6. The highest BCUT2D eigenvalue weighted by molar-refractivity contribution is 9.10. The maximum atomic E-state index is 11.5. The molecule has 6 heteroatoms. The fourth-order valence-corrected chi connectivity index (χ4v) is 2.12. The molecule has 0 saturated carbocycles. The number of nitrogens with one attached hydrogen (secondary N) is 1. The summed E-state index contributed by atoms with van der Waals surface area (Å²) in [6.07, 6.45) is 0.826. The van der Waals surface area contributed by atoms with E-state index in [4.69, 9.17) is 0 Å². The van der Waals surface area contributed by atoms with Crippen molar-refractivity contribution in [3.05, 3.63) is 28.2 Å². The summed E-state index contributed by atoms with van der Waals surface area (Å²) in [5, 5.41) is 11.8. The number of aromatic carboxylic acids is 1. The Kier molecular flexibility index (Phi) is 5.82. The van der Waals surface area contributed by atoms with E-state index >= 15 is 0 Å². The highest BCUT2D eigenvalue weighted by Crippen LogP contribution is 2.25. The van der Waals surface area contributed by atoms with Crippen molar-refractivity contribution in [1.29, 1.82) is 0 Å². The molecular weight excluding hydrogens is 312 g/mol. The van der Waals surface area contributed by atoms with E-state index in [1.165, 1.54) is 0 Å². The molecule has 0 fully saturated rings. The van der Waals surface area contributed by atoms with E-state index in [0.29, 0.717) is 16.7 Å². The summed E-state index contributed by atoms with van der Waals surface area (Å²) < 4.78 is 0.699. The molecule has 19 heavy (non-hydrogen) atoms. The molecule has 0 saturated heterocycles. The summed E-state index contributed by atoms with van der Waals surface area (Å²) in [7, 11) is 1.56. The van der Waals surface area contributed by atoms with Gasteiger partial charge in [0.1, 0.15) is 0 Å². The molecule has 0 bridgehead atoms. The number of hydrogen-bond acceptors (Lipinski definition) is 3. The molecular formula is C13H17BrN2O3. The standard InChI is InChI=1S/C13H17BrN2O3/c1-3-6-16(8-12(17)15-2)11-5-4-9(14)7-10(11)13(18)19/h4-5,7H,3,6,8H2,1-2H3,(H,15,17)(H,18,19). The van der Waals surface area contributed by atoms with Crippen molar-refractivity contribution in [2.24, 2.45) is 0 Å². The Bertz CT molecular complexity index is 477. The lowest BCUT2D eigenvalue weighted by atomic mass is 10.1. The van der Waals surface area contributed by atoms with Gasteiger partial charge in [-0.1, -0.05) is 22.9 Å². The Balaban J connectivity index is 3.14. The zero-order chi connectivity index (χ0) is 14.4. The number of carboxylic acids is 1. The number of benzene rings is 1. The van der Waals surface area contributed by atoms with E-state index in [-0.39, 0.29) is 18.0 Å². The van der Waals surface area contributed by atoms with E-state index < -0.39 is 5.97 Å². The number of carboxylic acid groups (broad SMARTS) is 1. The summed E-state index contributed by atoms with van der Waals surface area (Å²) in [4.78, 5) is 24.6. The van der Waals surface area contributed by atoms with Gasteiger partial charge in [0.15, 0.2) is 0 Å². The topological polar surface area (TPSA) is 69.6 Å². The fraction of sp³-hybridized carbons (Fsp3) is 0.385. The zero-order valence-corrected chi connectivity index (χ0v) is 12.5. The van der Waals surface area contributed by atoms with Crippen LogP contribution in [0.15, 0.2) is 22.7 Å². The van der Waals surface area contributed by atoms with Crippen LogP contribution in [0.2, 0.25) is 0 Å². The smallest absolute Gasteiger partial charge is 0.337 e. The summed E-state index contributed by atoms with van der Waals surface area (Å²) in [6.45, 7) is 2.75. The van der Waals surface area contributed by atoms with E-state index in [0.717, 1.165) is 6.42 Å². The fourth-order valence-electron chi connectivity index (χ4n) is 1.76. The number of hydrogen-bond donors (Lipinski definition) is 2. The molecule has 1 amide bonds. The Morgan fingerprint density at radius 2 is 2.11 bits per heavy atom. The molecule has 0 atom stereocenters. The number of carbonyl (C=O) groups is 2. The summed E-state index contributed by atoms with van der Waals surface area (Å²) in [6, 6.07) is 5.03. The van der Waals surface area contributed by atoms with Gasteiger partial charge >= 0.3 is 5.97 Å². The third-order valence-electron chi connectivity index (χ3n) is 2.64. The third-order valence-corrected chi connectivity index (χ3v) is 3.13. The molecule has 0 aliphatic carbocycles. The first kappa shape index (κ1) is 15.5. The first-order valence-electron chi connectivity index (χ1n) is 5.98. The second-order valence-corrected chi connectivity index (χ2v) is 4.98. The van der Waals surface area contributed by atoms with Crippen molar-refractivity contribution in [3.63, 3.8) is 0 Å². The lowest BCUT2D eigenvalue weighted by Gasteiger charge is -2.25. The van der Waals surface area contributed by atoms with Gasteiger partial charge in [-0.3, -0.25) is 4.79 Å². The number of anilines is 1. The predicted octanol–water partition coefficient (Wildman–Crippen LogP) is 2.11. The van der Waals surface area contributed by atoms with Gasteiger partial charge in [-0.25, -0.2) is 4.79 Å². The van der Waals surface area contributed by atoms with Gasteiger partial charge in [0, 0.05) is 18.1 Å². The lowest BCUT2D eigenvalue weighted by Crippen LogP contribution is -2.36. The predicted molar refractivity (Wildman–Crippen MR) is 77.7 cm³/mol. The van der Waals surface area contributed by atoms with Crippen LogP contribution >= 0.6 is 15.9 Å². The van der Waals surface area contributed by atoms with E-state index in [1.807, 2.05) is 6.92 Å². The first-order chi connectivity index (χ1) is 8.99. The van der Waals surface area contributed by atoms with Crippen molar-refractivity contribution in [2.75, 3.05) is 25.0 Å². The van der Waals surface area contributed by atoms with E-state index in [1.54, 1.807) is 30.1 Å². The Morgan fingerprint density at radius 1 is 1.42 bits per heavy atom. The Hall–Kier alpha value is -1.56. The maximum absolute atomic E-state index is 11.5. The monoisotopic (exact) mass is 328 g/mol. The van der Waals surface area contributed by atoms with Gasteiger partial charge in [0.25, 0.3) is 0 Å². The van der Waals surface area contributed by atoms with Gasteiger partial charge in [-0.2, -0.15) is 0 Å². The summed E-state index contributed by atoms with van der Waals surface area (Å²) in [5.41, 5.74) is 0.743. The third kappa shape index (κ3) is 4.24. The van der Waals surface area contributed by atoms with Crippen LogP contribution in [0.4, 0.5) is 5.69 Å². The van der Waals surface area contributed by atoms with Crippen LogP contribution in [0, 0.1) is 0 Å². The quantitative estimate of drug-likeness (QED) is 0.839. The molecule has 1 rings (SSSR count). The van der Waals surface area contributed by atoms with Crippen LogP contribution in [0.3, 0.4) is 0 Å². The Morgan fingerprint density at radius 3 is 2.63 bits per heavy atom. The first-order valence-corrected chi connectivity index (χ1v) is 6.77. The number of likely N-dealkylation sites (N-methyl/N-ethyl adjacent to an activating group) is 1. The molecule has 2 N–H and O–H groups in total. The van der Waals surface area contributed by atoms with Gasteiger partial charge in [0.05, 0.1) is 17.8 Å². The van der Waals surface area contributed by atoms with Crippen LogP contribution in [0.25, 0.3) is 0 Å². The molecule has 104 valence electrons. The van der Waals surface area contributed by atoms with Crippen LogP contribution in [0.1, 0.15) is 23.7 Å². The number of carbonyl (C=O) groups excluding carboxylic acids is 1. The minimum absolute atomic E-state index is 0.145. The van der Waals surface area contributed by atoms with Crippen LogP contribution in [-0.4, -0.2) is 37.1 Å². The van der Waals surface area contributed by atoms with Gasteiger partial charge in [-0.15, -0.1) is 0 Å². The highest BCUT2D eigenvalue weighted by atomic mass is 79.9. The minimum Gasteiger partial charge on any atom is -0.478 e. The second kappa shape index (κ2) is 7.13. The maximum Gasteiger partial charge on any atom is 0.337 e. The molecule has 5 nitrogen and oxygen atoms in total. The van der Waals surface area contributed by atoms with Gasteiger partial charge in [0.2, 0.25) is 5.91 Å². The molecule has 0 unspecified atom stereocenters. The number of amides is 1. The van der Waals surface area contributed by atoms with E-state index in [2.05, 4.69) is 21.2 Å². The van der Waals surface area contributed by atoms with Crippen molar-refractivity contribution in [3.8, 4) is 0 Å². The minimum atomic E-state index is -1.01. The molecule has 0 aliphatic rings. The highest BCUT2D eigenvalue weighted by Gasteiger charge is 2.17. The molecule has 0 heterocycles. The normalized spacial score (nSPS) is 10.1. The molecule has 1 aromatic rings. The largest absolute Gasteiger partial charge is 0.478 e. The van der Waals surface area contributed by atoms with Crippen LogP contribution < -0.4 is 10.2 Å². The van der Waals surface area contributed by atoms with Crippen molar-refractivity contribution >= 4 is 33.5 Å². The Labute approximate surface area is 120 Å². The molecule has 0 aromatic heterocycles. The van der Waals surface area contributed by atoms with Crippen molar-refractivity contribution < 1.29 is 14.7 Å². The summed E-state index contributed by atoms with van der Waals surface area (Å²) in [5.74, 6) is -1.15. The average molecular weight is 329 g/mol. The van der Waals surface area contributed by atoms with E-state index in [9.17, 15) is 14.7 Å². The molecule has 0 spiro atoms. The van der Waals surface area contributed by atoms with Gasteiger partial charge < -0.3 is 15.3 Å². The molecule has 0 aliphatic heterocycles. The summed E-state index contributed by atoms with van der Waals surface area (Å²) >= 11 is 3.26. The average Bonchev–Trinajstić information content (AvgIpc) is 2.38. The van der Waals surface area contributed by atoms with Gasteiger partial charge in [-0.05, 0) is 24.6 Å². The lowest BCUT2D eigenvalue weighted by molar-refractivity contribution is -0.119. The molecule has 1 aromatic carbocycles. The number of nitrogens with zero attached hydrogens (tertiary/aromatic N) is 1. The van der Waals surface area contributed by atoms with Crippen molar-refractivity contribution in [1.82, 2.24) is 5.32 Å². The molecule has 0 radical (unpaired) electrons. The SMILES string of the molecule is CCCN(CC(=O)NC)c1ccc(Br)cc1C(=O)O. The second-order valence-electron chi connectivity index (χ2n) is 4.06. The van der Waals surface area contributed by atoms with Crippen molar-refractivity contribution in [2.45, 2.75) is 13.3 Å². The zero-order valence-electron chi connectivity index (χ0n) is 10.9.